The Hall–Kier alpha value is -1.52. The Labute approximate surface area is 130 Å². The van der Waals surface area contributed by atoms with Crippen molar-refractivity contribution in [2.45, 2.75) is 19.0 Å². The molecular formula is C15H18ClN3S. The van der Waals surface area contributed by atoms with E-state index < -0.39 is 0 Å². The highest BCUT2D eigenvalue weighted by Crippen LogP contribution is 2.19. The van der Waals surface area contributed by atoms with Gasteiger partial charge in [-0.05, 0) is 55.4 Å². The predicted molar refractivity (Wildman–Crippen MR) is 88.5 cm³/mol. The lowest BCUT2D eigenvalue weighted by atomic mass is 10.1. The van der Waals surface area contributed by atoms with Gasteiger partial charge in [0.15, 0.2) is 5.11 Å². The maximum Gasteiger partial charge on any atom is 0.165 e. The van der Waals surface area contributed by atoms with Crippen molar-refractivity contribution in [3.63, 3.8) is 0 Å². The van der Waals surface area contributed by atoms with E-state index in [1.54, 1.807) is 0 Å². The molecule has 0 bridgehead atoms. The Morgan fingerprint density at radius 3 is 2.95 bits per heavy atom. The van der Waals surface area contributed by atoms with Gasteiger partial charge in [0.2, 0.25) is 0 Å². The third-order valence-corrected chi connectivity index (χ3v) is 3.64. The average molecular weight is 308 g/mol. The molecule has 0 amide bonds. The fraction of sp³-hybridized carbons (Fsp3) is 0.267. The van der Waals surface area contributed by atoms with Crippen molar-refractivity contribution in [2.24, 2.45) is 5.73 Å². The number of hydrogen-bond donors (Lipinski definition) is 2. The van der Waals surface area contributed by atoms with Crippen LogP contribution in [0.3, 0.4) is 0 Å². The molecular weight excluding hydrogens is 290 g/mol. The SMILES string of the molecule is CC1(NC(N)=S)C=CC=CN1CCc1cccc(Cl)c1. The summed E-state index contributed by atoms with van der Waals surface area (Å²) in [6.45, 7) is 2.89. The molecule has 0 aromatic heterocycles. The van der Waals surface area contributed by atoms with Crippen LogP contribution in [0.5, 0.6) is 0 Å². The molecule has 5 heteroatoms. The van der Waals surface area contributed by atoms with E-state index in [1.165, 1.54) is 5.56 Å². The number of thiocarbonyl (C=S) groups is 1. The van der Waals surface area contributed by atoms with E-state index >= 15 is 0 Å². The van der Waals surface area contributed by atoms with Crippen LogP contribution >= 0.6 is 23.8 Å². The van der Waals surface area contributed by atoms with Crippen LogP contribution in [-0.2, 0) is 6.42 Å². The number of rotatable bonds is 4. The Balaban J connectivity index is 2.05. The third kappa shape index (κ3) is 3.74. The summed E-state index contributed by atoms with van der Waals surface area (Å²) in [7, 11) is 0. The average Bonchev–Trinajstić information content (AvgIpc) is 2.36. The summed E-state index contributed by atoms with van der Waals surface area (Å²) in [5.74, 6) is 0. The van der Waals surface area contributed by atoms with Crippen molar-refractivity contribution in [1.29, 1.82) is 0 Å². The number of hydrogen-bond acceptors (Lipinski definition) is 2. The number of benzene rings is 1. The standard InChI is InChI=1S/C15H18ClN3S/c1-15(18-14(17)20)8-2-3-9-19(15)10-7-12-5-4-6-13(16)11-12/h2-6,8-9,11H,7,10H2,1H3,(H3,17,18,20). The second-order valence-electron chi connectivity index (χ2n) is 4.91. The molecule has 0 aliphatic carbocycles. The Morgan fingerprint density at radius 2 is 2.25 bits per heavy atom. The number of nitrogens with two attached hydrogens (primary N) is 1. The van der Waals surface area contributed by atoms with Crippen molar-refractivity contribution >= 4 is 28.9 Å². The number of nitrogens with one attached hydrogen (secondary N) is 1. The summed E-state index contributed by atoms with van der Waals surface area (Å²) >= 11 is 11.0. The zero-order chi connectivity index (χ0) is 14.6. The van der Waals surface area contributed by atoms with Crippen LogP contribution in [0.15, 0.2) is 48.7 Å². The van der Waals surface area contributed by atoms with Crippen LogP contribution < -0.4 is 11.1 Å². The summed E-state index contributed by atoms with van der Waals surface area (Å²) in [6, 6.07) is 7.92. The first-order valence-corrected chi connectivity index (χ1v) is 7.23. The predicted octanol–water partition coefficient (Wildman–Crippen LogP) is 2.82. The Bertz CT molecular complexity index is 556. The Morgan fingerprint density at radius 1 is 1.45 bits per heavy atom. The molecule has 0 saturated heterocycles. The lowest BCUT2D eigenvalue weighted by Crippen LogP contribution is -2.57. The molecule has 1 aliphatic heterocycles. The first-order chi connectivity index (χ1) is 9.49. The molecule has 0 fully saturated rings. The van der Waals surface area contributed by atoms with Crippen molar-refractivity contribution in [1.82, 2.24) is 10.2 Å². The van der Waals surface area contributed by atoms with Crippen LogP contribution in [0.2, 0.25) is 5.02 Å². The van der Waals surface area contributed by atoms with Crippen LogP contribution in [-0.4, -0.2) is 22.2 Å². The maximum atomic E-state index is 6.01. The molecule has 1 aromatic rings. The number of nitrogens with zero attached hydrogens (tertiary/aromatic N) is 1. The van der Waals surface area contributed by atoms with Crippen molar-refractivity contribution in [3.05, 3.63) is 59.3 Å². The number of halogens is 1. The van der Waals surface area contributed by atoms with Gasteiger partial charge in [0, 0.05) is 17.8 Å². The van der Waals surface area contributed by atoms with Gasteiger partial charge >= 0.3 is 0 Å². The van der Waals surface area contributed by atoms with E-state index in [0.717, 1.165) is 18.0 Å². The van der Waals surface area contributed by atoms with Crippen LogP contribution in [0.1, 0.15) is 12.5 Å². The monoisotopic (exact) mass is 307 g/mol. The number of allylic oxidation sites excluding steroid dienone is 2. The molecule has 1 heterocycles. The fourth-order valence-corrected chi connectivity index (χ4v) is 2.68. The maximum absolute atomic E-state index is 6.01. The Kier molecular flexibility index (Phi) is 4.68. The summed E-state index contributed by atoms with van der Waals surface area (Å²) < 4.78 is 0. The molecule has 106 valence electrons. The van der Waals surface area contributed by atoms with E-state index in [0.29, 0.717) is 5.11 Å². The summed E-state index contributed by atoms with van der Waals surface area (Å²) in [4.78, 5) is 2.17. The molecule has 3 nitrogen and oxygen atoms in total. The molecule has 1 aliphatic rings. The van der Waals surface area contributed by atoms with E-state index in [4.69, 9.17) is 29.6 Å². The summed E-state index contributed by atoms with van der Waals surface area (Å²) in [6.07, 6.45) is 8.97. The second-order valence-corrected chi connectivity index (χ2v) is 5.79. The highest BCUT2D eigenvalue weighted by molar-refractivity contribution is 7.80. The van der Waals surface area contributed by atoms with Crippen LogP contribution in [0, 0.1) is 0 Å². The highest BCUT2D eigenvalue weighted by atomic mass is 35.5. The zero-order valence-electron chi connectivity index (χ0n) is 11.3. The zero-order valence-corrected chi connectivity index (χ0v) is 12.9. The van der Waals surface area contributed by atoms with Gasteiger partial charge in [-0.2, -0.15) is 0 Å². The lowest BCUT2D eigenvalue weighted by Gasteiger charge is -2.41. The van der Waals surface area contributed by atoms with E-state index in [2.05, 4.69) is 16.3 Å². The molecule has 20 heavy (non-hydrogen) atoms. The third-order valence-electron chi connectivity index (χ3n) is 3.30. The van der Waals surface area contributed by atoms with Gasteiger partial charge in [0.05, 0.1) is 0 Å². The smallest absolute Gasteiger partial charge is 0.165 e. The first kappa shape index (κ1) is 14.9. The molecule has 1 aromatic carbocycles. The topological polar surface area (TPSA) is 41.3 Å². The largest absolute Gasteiger partial charge is 0.376 e. The van der Waals surface area contributed by atoms with Gasteiger partial charge in [-0.25, -0.2) is 0 Å². The van der Waals surface area contributed by atoms with E-state index in [-0.39, 0.29) is 5.66 Å². The highest BCUT2D eigenvalue weighted by Gasteiger charge is 2.28. The van der Waals surface area contributed by atoms with Crippen LogP contribution in [0.4, 0.5) is 0 Å². The van der Waals surface area contributed by atoms with Crippen molar-refractivity contribution in [3.8, 4) is 0 Å². The van der Waals surface area contributed by atoms with Gasteiger partial charge in [-0.1, -0.05) is 29.8 Å². The van der Waals surface area contributed by atoms with Crippen molar-refractivity contribution < 1.29 is 0 Å². The lowest BCUT2D eigenvalue weighted by molar-refractivity contribution is 0.198. The van der Waals surface area contributed by atoms with E-state index in [1.807, 2.05) is 49.6 Å². The van der Waals surface area contributed by atoms with Gasteiger partial charge < -0.3 is 16.0 Å². The minimum Gasteiger partial charge on any atom is -0.376 e. The van der Waals surface area contributed by atoms with Crippen molar-refractivity contribution in [2.75, 3.05) is 6.54 Å². The molecule has 0 saturated carbocycles. The summed E-state index contributed by atoms with van der Waals surface area (Å²) in [5, 5.41) is 4.18. The van der Waals surface area contributed by atoms with Gasteiger partial charge in [0.1, 0.15) is 5.66 Å². The van der Waals surface area contributed by atoms with Gasteiger partial charge in [-0.3, -0.25) is 0 Å². The quantitative estimate of drug-likeness (QED) is 0.839. The molecule has 3 N–H and O–H groups in total. The first-order valence-electron chi connectivity index (χ1n) is 6.44. The molecule has 2 rings (SSSR count). The summed E-state index contributed by atoms with van der Waals surface area (Å²) in [5.41, 5.74) is 6.43. The minimum atomic E-state index is -0.390. The molecule has 0 radical (unpaired) electrons. The van der Waals surface area contributed by atoms with Crippen LogP contribution in [0.25, 0.3) is 0 Å². The second kappa shape index (κ2) is 6.29. The minimum absolute atomic E-state index is 0.292. The fourth-order valence-electron chi connectivity index (χ4n) is 2.26. The van der Waals surface area contributed by atoms with Gasteiger partial charge in [0.25, 0.3) is 0 Å². The molecule has 1 atom stereocenters. The van der Waals surface area contributed by atoms with E-state index in [9.17, 15) is 0 Å². The molecule has 0 spiro atoms. The normalized spacial score (nSPS) is 21.0. The molecule has 1 unspecified atom stereocenters. The van der Waals surface area contributed by atoms with Gasteiger partial charge in [-0.15, -0.1) is 0 Å².